The highest BCUT2D eigenvalue weighted by atomic mass is 16.3. The van der Waals surface area contributed by atoms with Crippen LogP contribution in [0.2, 0.25) is 0 Å². The molecule has 0 amide bonds. The molecule has 11 heavy (non-hydrogen) atoms. The van der Waals surface area contributed by atoms with Crippen LogP contribution in [0.15, 0.2) is 16.5 Å². The Bertz CT molecular complexity index is 325. The van der Waals surface area contributed by atoms with Gasteiger partial charge in [-0.25, -0.2) is 0 Å². The topological polar surface area (TPSA) is 47.3 Å². The fourth-order valence-electron chi connectivity index (χ4n) is 0.584. The number of carbonyl (C=O) groups excluding carboxylic acids is 2. The summed E-state index contributed by atoms with van der Waals surface area (Å²) in [6.45, 7) is 0. The van der Waals surface area contributed by atoms with E-state index < -0.39 is 0 Å². The summed E-state index contributed by atoms with van der Waals surface area (Å²) in [4.78, 5) is 19.9. The molecule has 0 spiro atoms. The van der Waals surface area contributed by atoms with Crippen molar-refractivity contribution in [2.45, 2.75) is 0 Å². The van der Waals surface area contributed by atoms with Gasteiger partial charge in [-0.3, -0.25) is 9.59 Å². The molecule has 0 saturated heterocycles. The van der Waals surface area contributed by atoms with Crippen LogP contribution in [-0.4, -0.2) is 12.6 Å². The Morgan fingerprint density at radius 1 is 1.36 bits per heavy atom. The highest BCUT2D eigenvalue weighted by Crippen LogP contribution is 2.02. The van der Waals surface area contributed by atoms with Gasteiger partial charge in [-0.05, 0) is 24.0 Å². The van der Waals surface area contributed by atoms with Gasteiger partial charge in [0.25, 0.3) is 0 Å². The van der Waals surface area contributed by atoms with Gasteiger partial charge in [-0.2, -0.15) is 0 Å². The van der Waals surface area contributed by atoms with Crippen molar-refractivity contribution < 1.29 is 14.0 Å². The molecule has 0 radical (unpaired) electrons. The molecule has 0 saturated carbocycles. The van der Waals surface area contributed by atoms with Crippen molar-refractivity contribution in [1.82, 2.24) is 0 Å². The first kappa shape index (κ1) is 7.29. The zero-order valence-electron chi connectivity index (χ0n) is 5.53. The van der Waals surface area contributed by atoms with Gasteiger partial charge in [0.15, 0.2) is 24.1 Å². The van der Waals surface area contributed by atoms with Crippen LogP contribution in [0.5, 0.6) is 0 Å². The molecular weight excluding hydrogens is 144 g/mol. The molecule has 54 valence electrons. The van der Waals surface area contributed by atoms with Gasteiger partial charge in [0.05, 0.1) is 0 Å². The monoisotopic (exact) mass is 148 g/mol. The molecule has 3 nitrogen and oxygen atoms in total. The normalized spacial score (nSPS) is 8.00. The molecule has 0 aliphatic heterocycles. The molecule has 0 aliphatic carbocycles. The number of furan rings is 1. The van der Waals surface area contributed by atoms with E-state index in [0.29, 0.717) is 18.3 Å². The first-order chi connectivity index (χ1) is 5.36. The van der Waals surface area contributed by atoms with Gasteiger partial charge in [0, 0.05) is 0 Å². The predicted octanol–water partition coefficient (Wildman–Crippen LogP) is 0.642. The summed E-state index contributed by atoms with van der Waals surface area (Å²) in [6, 6.07) is 3.02. The molecule has 0 unspecified atom stereocenters. The molecule has 0 N–H and O–H groups in total. The lowest BCUT2D eigenvalue weighted by Gasteiger charge is -1.76. The van der Waals surface area contributed by atoms with Crippen LogP contribution in [0, 0.1) is 11.8 Å². The Labute approximate surface area is 63.0 Å². The number of rotatable bonds is 1. The first-order valence-corrected chi connectivity index (χ1v) is 2.87. The molecule has 1 rings (SSSR count). The van der Waals surface area contributed by atoms with E-state index in [2.05, 4.69) is 11.8 Å². The SMILES string of the molecule is O=CC#Cc1ccc(C=O)o1. The highest BCUT2D eigenvalue weighted by molar-refractivity contribution is 5.74. The van der Waals surface area contributed by atoms with Gasteiger partial charge >= 0.3 is 0 Å². The van der Waals surface area contributed by atoms with E-state index >= 15 is 0 Å². The molecule has 0 bridgehead atoms. The Balaban J connectivity index is 2.88. The summed E-state index contributed by atoms with van der Waals surface area (Å²) >= 11 is 0. The lowest BCUT2D eigenvalue weighted by molar-refractivity contribution is -0.103. The minimum absolute atomic E-state index is 0.209. The molecule has 1 aromatic rings. The van der Waals surface area contributed by atoms with Gasteiger partial charge < -0.3 is 4.42 Å². The van der Waals surface area contributed by atoms with Crippen molar-refractivity contribution >= 4 is 12.6 Å². The van der Waals surface area contributed by atoms with Crippen molar-refractivity contribution in [2.24, 2.45) is 0 Å². The van der Waals surface area contributed by atoms with E-state index in [1.807, 2.05) is 0 Å². The summed E-state index contributed by atoms with van der Waals surface area (Å²) in [7, 11) is 0. The molecule has 3 heteroatoms. The lowest BCUT2D eigenvalue weighted by atomic mass is 10.4. The fraction of sp³-hybridized carbons (Fsp3) is 0. The van der Waals surface area contributed by atoms with E-state index in [9.17, 15) is 9.59 Å². The minimum atomic E-state index is 0.209. The molecular formula is C8H4O3. The molecule has 0 aromatic carbocycles. The quantitative estimate of drug-likeness (QED) is 0.433. The van der Waals surface area contributed by atoms with Crippen LogP contribution in [-0.2, 0) is 4.79 Å². The molecule has 0 atom stereocenters. The minimum Gasteiger partial charge on any atom is -0.445 e. The second kappa shape index (κ2) is 3.37. The van der Waals surface area contributed by atoms with Crippen molar-refractivity contribution in [2.75, 3.05) is 0 Å². The van der Waals surface area contributed by atoms with E-state index in [1.165, 1.54) is 12.1 Å². The summed E-state index contributed by atoms with van der Waals surface area (Å²) in [6.07, 6.45) is 1.04. The van der Waals surface area contributed by atoms with E-state index in [4.69, 9.17) is 4.42 Å². The van der Waals surface area contributed by atoms with Crippen molar-refractivity contribution in [3.63, 3.8) is 0 Å². The third-order valence-corrected chi connectivity index (χ3v) is 0.997. The maximum absolute atomic E-state index is 10.1. The third kappa shape index (κ3) is 1.80. The molecule has 1 aromatic heterocycles. The summed E-state index contributed by atoms with van der Waals surface area (Å²) in [5, 5.41) is 0. The predicted molar refractivity (Wildman–Crippen MR) is 37.0 cm³/mol. The van der Waals surface area contributed by atoms with Crippen LogP contribution in [0.3, 0.4) is 0 Å². The van der Waals surface area contributed by atoms with Gasteiger partial charge in [-0.15, -0.1) is 0 Å². The van der Waals surface area contributed by atoms with E-state index in [0.717, 1.165) is 0 Å². The van der Waals surface area contributed by atoms with E-state index in [1.54, 1.807) is 0 Å². The van der Waals surface area contributed by atoms with Crippen LogP contribution < -0.4 is 0 Å². The summed E-state index contributed by atoms with van der Waals surface area (Å²) < 4.78 is 4.83. The first-order valence-electron chi connectivity index (χ1n) is 2.87. The zero-order chi connectivity index (χ0) is 8.10. The molecule has 0 fully saturated rings. The maximum atomic E-state index is 10.1. The Hall–Kier alpha value is -1.82. The van der Waals surface area contributed by atoms with Gasteiger partial charge in [0.1, 0.15) is 0 Å². The number of aldehydes is 2. The summed E-state index contributed by atoms with van der Waals surface area (Å²) in [5.41, 5.74) is 0. The van der Waals surface area contributed by atoms with Crippen LogP contribution in [0.25, 0.3) is 0 Å². The standard InChI is InChI=1S/C8H4O3/c9-5-1-2-7-3-4-8(6-10)11-7/h3-6H. The molecule has 0 aliphatic rings. The highest BCUT2D eigenvalue weighted by Gasteiger charge is 1.95. The summed E-state index contributed by atoms with van der Waals surface area (Å²) in [5.74, 6) is 5.09. The average molecular weight is 148 g/mol. The Morgan fingerprint density at radius 2 is 2.18 bits per heavy atom. The van der Waals surface area contributed by atoms with Crippen LogP contribution in [0.4, 0.5) is 0 Å². The maximum Gasteiger partial charge on any atom is 0.193 e. The Morgan fingerprint density at radius 3 is 2.73 bits per heavy atom. The van der Waals surface area contributed by atoms with Crippen LogP contribution >= 0.6 is 0 Å². The molecule has 1 heterocycles. The number of carbonyl (C=O) groups is 2. The zero-order valence-corrected chi connectivity index (χ0v) is 5.53. The van der Waals surface area contributed by atoms with Crippen molar-refractivity contribution in [1.29, 1.82) is 0 Å². The fourth-order valence-corrected chi connectivity index (χ4v) is 0.584. The van der Waals surface area contributed by atoms with Crippen molar-refractivity contribution in [3.05, 3.63) is 23.7 Å². The smallest absolute Gasteiger partial charge is 0.193 e. The third-order valence-electron chi connectivity index (χ3n) is 0.997. The van der Waals surface area contributed by atoms with E-state index in [-0.39, 0.29) is 5.76 Å². The number of hydrogen-bond acceptors (Lipinski definition) is 3. The van der Waals surface area contributed by atoms with Gasteiger partial charge in [-0.1, -0.05) is 0 Å². The second-order valence-corrected chi connectivity index (χ2v) is 1.71. The lowest BCUT2D eigenvalue weighted by Crippen LogP contribution is -1.69. The van der Waals surface area contributed by atoms with Crippen molar-refractivity contribution in [3.8, 4) is 11.8 Å². The van der Waals surface area contributed by atoms with Gasteiger partial charge in [0.2, 0.25) is 0 Å². The second-order valence-electron chi connectivity index (χ2n) is 1.71. The van der Waals surface area contributed by atoms with Crippen LogP contribution in [0.1, 0.15) is 16.3 Å². The average Bonchev–Trinajstić information content (AvgIpc) is 2.48. The largest absolute Gasteiger partial charge is 0.445 e. The Kier molecular flexibility index (Phi) is 2.24. The number of hydrogen-bond donors (Lipinski definition) is 0.